The number of nitrogens with zero attached hydrogens (tertiary/aromatic N) is 1. The molecule has 1 atom stereocenters. The van der Waals surface area contributed by atoms with Crippen molar-refractivity contribution in [2.75, 3.05) is 32.8 Å². The quantitative estimate of drug-likeness (QED) is 0.720. The first-order valence-electron chi connectivity index (χ1n) is 6.57. The second-order valence-corrected chi connectivity index (χ2v) is 4.28. The van der Waals surface area contributed by atoms with Gasteiger partial charge in [-0.25, -0.2) is 4.79 Å². The molecule has 104 valence electrons. The van der Waals surface area contributed by atoms with Crippen molar-refractivity contribution in [1.82, 2.24) is 15.5 Å². The van der Waals surface area contributed by atoms with Crippen LogP contribution >= 0.6 is 0 Å². The van der Waals surface area contributed by atoms with Crippen LogP contribution in [0.5, 0.6) is 0 Å². The summed E-state index contributed by atoms with van der Waals surface area (Å²) in [5.74, 6) is 0.0736. The monoisotopic (exact) mass is 257 g/mol. The molecular weight excluding hydrogens is 234 g/mol. The van der Waals surface area contributed by atoms with Crippen LogP contribution in [0.4, 0.5) is 4.79 Å². The van der Waals surface area contributed by atoms with Gasteiger partial charge < -0.3 is 20.3 Å². The molecule has 3 amide bonds. The van der Waals surface area contributed by atoms with E-state index < -0.39 is 0 Å². The van der Waals surface area contributed by atoms with Crippen molar-refractivity contribution >= 4 is 11.9 Å². The molecule has 1 aliphatic rings. The zero-order valence-electron chi connectivity index (χ0n) is 11.2. The summed E-state index contributed by atoms with van der Waals surface area (Å²) in [6, 6.07) is -0.124. The highest BCUT2D eigenvalue weighted by Gasteiger charge is 2.17. The van der Waals surface area contributed by atoms with E-state index in [1.165, 1.54) is 0 Å². The van der Waals surface area contributed by atoms with Crippen LogP contribution < -0.4 is 10.6 Å². The number of nitrogens with one attached hydrogen (secondary N) is 2. The standard InChI is InChI=1S/C12H23N3O3/c1-3-15(4-2)11(16)5-7-13-12(17)14-10-6-8-18-9-10/h10H,3-9H2,1-2H3,(H2,13,14,17). The number of hydrogen-bond acceptors (Lipinski definition) is 3. The van der Waals surface area contributed by atoms with Crippen LogP contribution in [0.2, 0.25) is 0 Å². The first-order valence-corrected chi connectivity index (χ1v) is 6.57. The van der Waals surface area contributed by atoms with Crippen molar-refractivity contribution in [1.29, 1.82) is 0 Å². The lowest BCUT2D eigenvalue weighted by molar-refractivity contribution is -0.130. The van der Waals surface area contributed by atoms with Crippen LogP contribution in [0.25, 0.3) is 0 Å². The molecular formula is C12H23N3O3. The molecule has 0 spiro atoms. The van der Waals surface area contributed by atoms with Gasteiger partial charge in [0.2, 0.25) is 5.91 Å². The topological polar surface area (TPSA) is 70.7 Å². The van der Waals surface area contributed by atoms with E-state index in [-0.39, 0.29) is 18.0 Å². The van der Waals surface area contributed by atoms with Gasteiger partial charge in [0.25, 0.3) is 0 Å². The predicted octanol–water partition coefficient (Wildman–Crippen LogP) is 0.333. The highest BCUT2D eigenvalue weighted by Crippen LogP contribution is 2.02. The molecule has 0 aromatic rings. The van der Waals surface area contributed by atoms with Gasteiger partial charge >= 0.3 is 6.03 Å². The Morgan fingerprint density at radius 3 is 2.61 bits per heavy atom. The summed E-state index contributed by atoms with van der Waals surface area (Å²) in [6.45, 7) is 6.96. The largest absolute Gasteiger partial charge is 0.379 e. The highest BCUT2D eigenvalue weighted by molar-refractivity contribution is 5.78. The molecule has 1 unspecified atom stereocenters. The molecule has 1 heterocycles. The fourth-order valence-corrected chi connectivity index (χ4v) is 1.90. The molecule has 18 heavy (non-hydrogen) atoms. The van der Waals surface area contributed by atoms with Crippen LogP contribution in [0, 0.1) is 0 Å². The molecule has 6 heteroatoms. The SMILES string of the molecule is CCN(CC)C(=O)CCNC(=O)NC1CCOC1. The Bertz CT molecular complexity index is 274. The summed E-state index contributed by atoms with van der Waals surface area (Å²) in [5.41, 5.74) is 0. The van der Waals surface area contributed by atoms with Gasteiger partial charge in [-0.15, -0.1) is 0 Å². The molecule has 0 radical (unpaired) electrons. The van der Waals surface area contributed by atoms with E-state index in [2.05, 4.69) is 10.6 Å². The van der Waals surface area contributed by atoms with Gasteiger partial charge in [-0.2, -0.15) is 0 Å². The number of carbonyl (C=O) groups excluding carboxylic acids is 2. The molecule has 2 N–H and O–H groups in total. The predicted molar refractivity (Wildman–Crippen MR) is 68.3 cm³/mol. The average molecular weight is 257 g/mol. The Labute approximate surface area is 108 Å². The van der Waals surface area contributed by atoms with Gasteiger partial charge in [-0.3, -0.25) is 4.79 Å². The molecule has 0 aromatic carbocycles. The van der Waals surface area contributed by atoms with Crippen molar-refractivity contribution < 1.29 is 14.3 Å². The first-order chi connectivity index (χ1) is 8.67. The Kier molecular flexibility index (Phi) is 6.49. The van der Waals surface area contributed by atoms with Gasteiger partial charge in [0.05, 0.1) is 12.6 Å². The fourth-order valence-electron chi connectivity index (χ4n) is 1.90. The Morgan fingerprint density at radius 1 is 1.33 bits per heavy atom. The number of ether oxygens (including phenoxy) is 1. The first kappa shape index (κ1) is 14.8. The second kappa shape index (κ2) is 7.92. The van der Waals surface area contributed by atoms with Gasteiger partial charge in [0.1, 0.15) is 0 Å². The van der Waals surface area contributed by atoms with Gasteiger partial charge in [0.15, 0.2) is 0 Å². The molecule has 0 aliphatic carbocycles. The zero-order valence-corrected chi connectivity index (χ0v) is 11.2. The summed E-state index contributed by atoms with van der Waals surface area (Å²) in [4.78, 5) is 24.9. The third-order valence-corrected chi connectivity index (χ3v) is 3.01. The van der Waals surface area contributed by atoms with E-state index in [9.17, 15) is 9.59 Å². The molecule has 1 fully saturated rings. The van der Waals surface area contributed by atoms with E-state index in [0.29, 0.717) is 39.3 Å². The van der Waals surface area contributed by atoms with Crippen LogP contribution in [0.1, 0.15) is 26.7 Å². The lowest BCUT2D eigenvalue weighted by atomic mass is 10.3. The Hall–Kier alpha value is -1.30. The maximum atomic E-state index is 11.7. The van der Waals surface area contributed by atoms with Crippen LogP contribution in [0.3, 0.4) is 0 Å². The molecule has 1 rings (SSSR count). The number of urea groups is 1. The smallest absolute Gasteiger partial charge is 0.315 e. The molecule has 0 bridgehead atoms. The van der Waals surface area contributed by atoms with Crippen molar-refractivity contribution in [2.45, 2.75) is 32.7 Å². The number of rotatable bonds is 6. The van der Waals surface area contributed by atoms with Crippen LogP contribution in [-0.2, 0) is 9.53 Å². The fraction of sp³-hybridized carbons (Fsp3) is 0.833. The normalized spacial score (nSPS) is 18.4. The van der Waals surface area contributed by atoms with Crippen molar-refractivity contribution in [3.8, 4) is 0 Å². The molecule has 1 aliphatic heterocycles. The molecule has 0 aromatic heterocycles. The third-order valence-electron chi connectivity index (χ3n) is 3.01. The Morgan fingerprint density at radius 2 is 2.06 bits per heavy atom. The maximum Gasteiger partial charge on any atom is 0.315 e. The number of amides is 3. The molecule has 1 saturated heterocycles. The zero-order chi connectivity index (χ0) is 13.4. The highest BCUT2D eigenvalue weighted by atomic mass is 16.5. The summed E-state index contributed by atoms with van der Waals surface area (Å²) in [5, 5.41) is 5.50. The number of hydrogen-bond donors (Lipinski definition) is 2. The summed E-state index contributed by atoms with van der Waals surface area (Å²) >= 11 is 0. The number of carbonyl (C=O) groups is 2. The van der Waals surface area contributed by atoms with E-state index in [0.717, 1.165) is 6.42 Å². The third kappa shape index (κ3) is 4.91. The van der Waals surface area contributed by atoms with Gasteiger partial charge in [-0.1, -0.05) is 0 Å². The van der Waals surface area contributed by atoms with Crippen molar-refractivity contribution in [2.24, 2.45) is 0 Å². The van der Waals surface area contributed by atoms with Gasteiger partial charge in [0, 0.05) is 32.7 Å². The summed E-state index contributed by atoms with van der Waals surface area (Å²) in [7, 11) is 0. The van der Waals surface area contributed by atoms with E-state index in [1.54, 1.807) is 4.90 Å². The van der Waals surface area contributed by atoms with Crippen LogP contribution in [-0.4, -0.2) is 55.7 Å². The summed E-state index contributed by atoms with van der Waals surface area (Å²) in [6.07, 6.45) is 1.20. The lowest BCUT2D eigenvalue weighted by Crippen LogP contribution is -2.43. The van der Waals surface area contributed by atoms with E-state index in [1.807, 2.05) is 13.8 Å². The second-order valence-electron chi connectivity index (χ2n) is 4.28. The minimum Gasteiger partial charge on any atom is -0.379 e. The molecule has 0 saturated carbocycles. The molecule has 6 nitrogen and oxygen atoms in total. The van der Waals surface area contributed by atoms with E-state index in [4.69, 9.17) is 4.74 Å². The minimum absolute atomic E-state index is 0.0736. The summed E-state index contributed by atoms with van der Waals surface area (Å²) < 4.78 is 5.16. The van der Waals surface area contributed by atoms with Crippen molar-refractivity contribution in [3.63, 3.8) is 0 Å². The maximum absolute atomic E-state index is 11.7. The van der Waals surface area contributed by atoms with Crippen molar-refractivity contribution in [3.05, 3.63) is 0 Å². The average Bonchev–Trinajstić information content (AvgIpc) is 2.83. The van der Waals surface area contributed by atoms with E-state index >= 15 is 0 Å². The minimum atomic E-state index is -0.224. The van der Waals surface area contributed by atoms with Gasteiger partial charge in [-0.05, 0) is 20.3 Å². The van der Waals surface area contributed by atoms with Crippen LogP contribution in [0.15, 0.2) is 0 Å². The lowest BCUT2D eigenvalue weighted by Gasteiger charge is -2.18. The Balaban J connectivity index is 2.12.